The highest BCUT2D eigenvalue weighted by Crippen LogP contribution is 2.59. The van der Waals surface area contributed by atoms with E-state index in [9.17, 15) is 9.90 Å². The molecule has 0 saturated heterocycles. The van der Waals surface area contributed by atoms with Gasteiger partial charge in [-0.15, -0.1) is 0 Å². The number of carbonyl (C=O) groups excluding carboxylic acids is 1. The maximum atomic E-state index is 13.0. The van der Waals surface area contributed by atoms with Crippen LogP contribution in [0.5, 0.6) is 0 Å². The molecular formula is C26H38ClN2O2-. The van der Waals surface area contributed by atoms with Gasteiger partial charge in [-0.25, -0.2) is 0 Å². The summed E-state index contributed by atoms with van der Waals surface area (Å²) in [7, 11) is 0. The van der Waals surface area contributed by atoms with Gasteiger partial charge in [0.15, 0.2) is 0 Å². The van der Waals surface area contributed by atoms with Gasteiger partial charge in [-0.3, -0.25) is 4.79 Å². The molecule has 3 N–H and O–H groups in total. The summed E-state index contributed by atoms with van der Waals surface area (Å²) < 4.78 is 0. The third-order valence-electron chi connectivity index (χ3n) is 7.72. The number of carbonyl (C=O) groups is 1. The first kappa shape index (κ1) is 23.1. The summed E-state index contributed by atoms with van der Waals surface area (Å²) in [5, 5.41) is 16.8. The maximum absolute atomic E-state index is 13.0. The predicted octanol–water partition coefficient (Wildman–Crippen LogP) is 4.78. The summed E-state index contributed by atoms with van der Waals surface area (Å²) in [4.78, 5) is 13.0. The van der Waals surface area contributed by atoms with Crippen molar-refractivity contribution in [3.8, 4) is 0 Å². The average molecular weight is 446 g/mol. The highest BCUT2D eigenvalue weighted by Gasteiger charge is 2.50. The molecule has 5 heteroatoms. The van der Waals surface area contributed by atoms with E-state index in [4.69, 9.17) is 11.6 Å². The fraction of sp³-hybridized carbons (Fsp3) is 0.692. The monoisotopic (exact) mass is 445 g/mol. The minimum Gasteiger partial charge on any atom is -0.422 e. The molecule has 1 atom stereocenters. The molecule has 1 unspecified atom stereocenters. The molecule has 0 spiro atoms. The van der Waals surface area contributed by atoms with E-state index in [1.165, 1.54) is 38.5 Å². The molecule has 4 bridgehead atoms. The first-order valence-electron chi connectivity index (χ1n) is 12.1. The van der Waals surface area contributed by atoms with Crippen LogP contribution in [0, 0.1) is 30.1 Å². The van der Waals surface area contributed by atoms with Gasteiger partial charge < -0.3 is 22.7 Å². The van der Waals surface area contributed by atoms with E-state index in [1.54, 1.807) is 6.92 Å². The van der Waals surface area contributed by atoms with Crippen LogP contribution in [0.25, 0.3) is 0 Å². The van der Waals surface area contributed by atoms with E-state index in [1.807, 2.05) is 18.2 Å². The number of aliphatic hydroxyl groups is 1. The van der Waals surface area contributed by atoms with Gasteiger partial charge in [0.2, 0.25) is 0 Å². The van der Waals surface area contributed by atoms with Crippen molar-refractivity contribution in [2.45, 2.75) is 70.3 Å². The zero-order valence-electron chi connectivity index (χ0n) is 18.9. The molecule has 0 aliphatic heterocycles. The van der Waals surface area contributed by atoms with Crippen molar-refractivity contribution in [3.05, 3.63) is 41.3 Å². The lowest BCUT2D eigenvalue weighted by Gasteiger charge is -2.56. The Kier molecular flexibility index (Phi) is 7.00. The summed E-state index contributed by atoms with van der Waals surface area (Å²) in [6.45, 7) is 7.84. The Balaban J connectivity index is 1.26. The SMILES string of the molecule is [CH2-]C(C)(O)CCNCCCc1ccc(Cl)c(C(=O)NCC23CC4CC(CC(C4)C2)C3)c1. The Bertz CT molecular complexity index is 751. The molecule has 0 heterocycles. The lowest BCUT2D eigenvalue weighted by Crippen LogP contribution is -2.51. The highest BCUT2D eigenvalue weighted by atomic mass is 35.5. The van der Waals surface area contributed by atoms with Gasteiger partial charge in [-0.05, 0) is 112 Å². The Morgan fingerprint density at radius 3 is 2.45 bits per heavy atom. The number of rotatable bonds is 10. The van der Waals surface area contributed by atoms with Crippen LogP contribution in [0.1, 0.15) is 74.2 Å². The zero-order chi connectivity index (χ0) is 22.1. The van der Waals surface area contributed by atoms with Crippen LogP contribution in [0.3, 0.4) is 0 Å². The second-order valence-electron chi connectivity index (χ2n) is 11.0. The lowest BCUT2D eigenvalue weighted by atomic mass is 9.49. The second-order valence-corrected chi connectivity index (χ2v) is 11.4. The summed E-state index contributed by atoms with van der Waals surface area (Å²) in [5.74, 6) is 2.65. The minimum absolute atomic E-state index is 0.0293. The van der Waals surface area contributed by atoms with Crippen molar-refractivity contribution in [1.29, 1.82) is 0 Å². The molecule has 172 valence electrons. The number of amides is 1. The number of benzene rings is 1. The van der Waals surface area contributed by atoms with Crippen LogP contribution in [-0.2, 0) is 6.42 Å². The van der Waals surface area contributed by atoms with Crippen molar-refractivity contribution in [2.24, 2.45) is 23.2 Å². The molecule has 4 aliphatic carbocycles. The number of halogens is 1. The van der Waals surface area contributed by atoms with E-state index >= 15 is 0 Å². The standard InChI is InChI=1S/C26H38ClN2O2/c1-25(2,31)7-9-28-8-3-4-18-5-6-23(27)22(13-18)24(30)29-17-26-14-19-10-20(15-26)12-21(11-19)16-26/h5-6,13,19-21,28,31H,1,3-4,7-12,14-17H2,2H3,(H,29,30)/q-1. The zero-order valence-corrected chi connectivity index (χ0v) is 19.6. The van der Waals surface area contributed by atoms with Crippen LogP contribution < -0.4 is 10.6 Å². The number of nitrogens with one attached hydrogen (secondary N) is 2. The third kappa shape index (κ3) is 6.03. The highest BCUT2D eigenvalue weighted by molar-refractivity contribution is 6.33. The first-order valence-corrected chi connectivity index (χ1v) is 12.4. The van der Waals surface area contributed by atoms with Crippen molar-refractivity contribution in [1.82, 2.24) is 10.6 Å². The van der Waals surface area contributed by atoms with Crippen molar-refractivity contribution in [3.63, 3.8) is 0 Å². The fourth-order valence-electron chi connectivity index (χ4n) is 6.67. The normalized spacial score (nSPS) is 30.9. The van der Waals surface area contributed by atoms with Crippen LogP contribution in [0.15, 0.2) is 18.2 Å². The molecule has 31 heavy (non-hydrogen) atoms. The summed E-state index contributed by atoms with van der Waals surface area (Å²) >= 11 is 6.39. The van der Waals surface area contributed by atoms with E-state index < -0.39 is 5.60 Å². The quantitative estimate of drug-likeness (QED) is 0.358. The van der Waals surface area contributed by atoms with Gasteiger partial charge in [-0.1, -0.05) is 30.2 Å². The van der Waals surface area contributed by atoms with Gasteiger partial charge in [0.05, 0.1) is 10.6 Å². The average Bonchev–Trinajstić information content (AvgIpc) is 2.68. The Morgan fingerprint density at radius 2 is 1.84 bits per heavy atom. The van der Waals surface area contributed by atoms with E-state index in [0.29, 0.717) is 22.4 Å². The minimum atomic E-state index is -0.873. The largest absolute Gasteiger partial charge is 0.422 e. The van der Waals surface area contributed by atoms with Crippen LogP contribution in [0.2, 0.25) is 5.02 Å². The maximum Gasteiger partial charge on any atom is 0.252 e. The topological polar surface area (TPSA) is 61.4 Å². The van der Waals surface area contributed by atoms with Gasteiger partial charge in [0.1, 0.15) is 0 Å². The number of hydrogen-bond donors (Lipinski definition) is 3. The number of aryl methyl sites for hydroxylation is 1. The van der Waals surface area contributed by atoms with Gasteiger partial charge in [0, 0.05) is 6.54 Å². The van der Waals surface area contributed by atoms with Crippen LogP contribution in [0.4, 0.5) is 0 Å². The predicted molar refractivity (Wildman–Crippen MR) is 126 cm³/mol. The molecule has 5 rings (SSSR count). The summed E-state index contributed by atoms with van der Waals surface area (Å²) in [6.07, 6.45) is 10.6. The van der Waals surface area contributed by atoms with Gasteiger partial charge in [-0.2, -0.15) is 0 Å². The molecule has 4 fully saturated rings. The fourth-order valence-corrected chi connectivity index (χ4v) is 6.88. The molecule has 4 nitrogen and oxygen atoms in total. The van der Waals surface area contributed by atoms with E-state index in [-0.39, 0.29) is 5.91 Å². The molecule has 4 aliphatic rings. The van der Waals surface area contributed by atoms with Crippen molar-refractivity contribution >= 4 is 17.5 Å². The van der Waals surface area contributed by atoms with E-state index in [0.717, 1.165) is 55.8 Å². The smallest absolute Gasteiger partial charge is 0.252 e. The first-order chi connectivity index (χ1) is 14.7. The molecule has 0 radical (unpaired) electrons. The Morgan fingerprint density at radius 1 is 1.19 bits per heavy atom. The molecule has 0 aromatic heterocycles. The molecule has 4 saturated carbocycles. The summed E-state index contributed by atoms with van der Waals surface area (Å²) in [5.41, 5.74) is 1.20. The molecule has 1 amide bonds. The summed E-state index contributed by atoms with van der Waals surface area (Å²) in [6, 6.07) is 5.82. The van der Waals surface area contributed by atoms with Crippen LogP contribution in [-0.4, -0.2) is 36.2 Å². The molecule has 1 aromatic rings. The Labute approximate surface area is 192 Å². The Hall–Kier alpha value is -1.10. The van der Waals surface area contributed by atoms with Crippen molar-refractivity contribution < 1.29 is 9.90 Å². The van der Waals surface area contributed by atoms with Gasteiger partial charge in [0.25, 0.3) is 5.91 Å². The van der Waals surface area contributed by atoms with Crippen LogP contribution >= 0.6 is 11.6 Å². The van der Waals surface area contributed by atoms with Gasteiger partial charge >= 0.3 is 0 Å². The lowest BCUT2D eigenvalue weighted by molar-refractivity contribution is -0.0503. The third-order valence-corrected chi connectivity index (χ3v) is 8.05. The molecule has 1 aromatic carbocycles. The van der Waals surface area contributed by atoms with E-state index in [2.05, 4.69) is 17.6 Å². The number of hydrogen-bond acceptors (Lipinski definition) is 3. The second kappa shape index (κ2) is 9.41. The molecular weight excluding hydrogens is 408 g/mol. The van der Waals surface area contributed by atoms with Crippen molar-refractivity contribution in [2.75, 3.05) is 19.6 Å².